The summed E-state index contributed by atoms with van der Waals surface area (Å²) < 4.78 is 27.4. The number of sulfonamides is 1. The first kappa shape index (κ1) is 15.9. The highest BCUT2D eigenvalue weighted by Crippen LogP contribution is 2.33. The van der Waals surface area contributed by atoms with Crippen molar-refractivity contribution >= 4 is 21.4 Å². The Hall–Kier alpha value is -0.430. The summed E-state index contributed by atoms with van der Waals surface area (Å²) in [7, 11) is -1.37. The second-order valence-electron chi connectivity index (χ2n) is 6.34. The van der Waals surface area contributed by atoms with Crippen LogP contribution in [0, 0.1) is 0 Å². The Morgan fingerprint density at radius 1 is 1.25 bits per heavy atom. The second-order valence-corrected chi connectivity index (χ2v) is 9.58. The lowest BCUT2D eigenvalue weighted by Crippen LogP contribution is -2.43. The summed E-state index contributed by atoms with van der Waals surface area (Å²) in [5, 5.41) is 3.22. The van der Waals surface area contributed by atoms with Crippen LogP contribution in [0.25, 0.3) is 0 Å². The predicted octanol–water partition coefficient (Wildman–Crippen LogP) is 2.42. The van der Waals surface area contributed by atoms with Crippen molar-refractivity contribution in [3.05, 3.63) is 17.0 Å². The van der Waals surface area contributed by atoms with Gasteiger partial charge in [0.1, 0.15) is 4.21 Å². The van der Waals surface area contributed by atoms with Crippen molar-refractivity contribution in [2.24, 2.45) is 0 Å². The van der Waals surface area contributed by atoms with Gasteiger partial charge in [-0.2, -0.15) is 4.31 Å². The highest BCUT2D eigenvalue weighted by Gasteiger charge is 2.31. The molecule has 0 aromatic carbocycles. The Morgan fingerprint density at radius 2 is 1.85 bits per heavy atom. The van der Waals surface area contributed by atoms with Crippen LogP contribution < -0.4 is 5.32 Å². The lowest BCUT2D eigenvalue weighted by Gasteiger charge is -2.30. The Morgan fingerprint density at radius 3 is 2.30 bits per heavy atom. The van der Waals surface area contributed by atoms with Gasteiger partial charge < -0.3 is 5.32 Å². The van der Waals surface area contributed by atoms with Crippen LogP contribution in [0.15, 0.2) is 16.3 Å². The van der Waals surface area contributed by atoms with Crippen LogP contribution >= 0.6 is 11.3 Å². The largest absolute Gasteiger partial charge is 0.317 e. The van der Waals surface area contributed by atoms with Crippen LogP contribution in [0.3, 0.4) is 0 Å². The van der Waals surface area contributed by atoms with Gasteiger partial charge in [-0.1, -0.05) is 20.8 Å². The monoisotopic (exact) mass is 316 g/mol. The fourth-order valence-corrected chi connectivity index (χ4v) is 5.36. The molecule has 1 aromatic heterocycles. The molecular weight excluding hydrogens is 292 g/mol. The van der Waals surface area contributed by atoms with E-state index in [1.165, 1.54) is 11.3 Å². The number of nitrogens with one attached hydrogen (secondary N) is 1. The fraction of sp³-hybridized carbons (Fsp3) is 0.714. The molecule has 0 aliphatic carbocycles. The highest BCUT2D eigenvalue weighted by molar-refractivity contribution is 7.91. The van der Waals surface area contributed by atoms with Crippen molar-refractivity contribution < 1.29 is 8.42 Å². The molecule has 0 unspecified atom stereocenters. The van der Waals surface area contributed by atoms with E-state index >= 15 is 0 Å². The van der Waals surface area contributed by atoms with Crippen molar-refractivity contribution in [3.8, 4) is 0 Å². The lowest BCUT2D eigenvalue weighted by molar-refractivity contribution is 0.299. The minimum Gasteiger partial charge on any atom is -0.317 e. The van der Waals surface area contributed by atoms with E-state index in [1.807, 2.05) is 13.1 Å². The van der Waals surface area contributed by atoms with Gasteiger partial charge in [-0.25, -0.2) is 8.42 Å². The standard InChI is InChI=1S/C14H24N2O2S2/c1-14(2,3)12-5-6-13(19-12)20(17,18)16-9-7-11(15-4)8-10-16/h5-6,11,15H,7-10H2,1-4H3. The molecule has 0 saturated carbocycles. The van der Waals surface area contributed by atoms with E-state index in [9.17, 15) is 8.42 Å². The molecule has 0 radical (unpaired) electrons. The number of piperidine rings is 1. The molecule has 1 saturated heterocycles. The van der Waals surface area contributed by atoms with Crippen molar-refractivity contribution in [2.75, 3.05) is 20.1 Å². The Bertz CT molecular complexity index is 550. The minimum atomic E-state index is -3.31. The number of thiophene rings is 1. The SMILES string of the molecule is CNC1CCN(S(=O)(=O)c2ccc(C(C)(C)C)s2)CC1. The van der Waals surface area contributed by atoms with Gasteiger partial charge in [-0.3, -0.25) is 0 Å². The third kappa shape index (κ3) is 3.24. The number of hydrogen-bond acceptors (Lipinski definition) is 4. The zero-order chi connectivity index (χ0) is 15.0. The molecule has 20 heavy (non-hydrogen) atoms. The van der Waals surface area contributed by atoms with E-state index in [0.29, 0.717) is 23.3 Å². The van der Waals surface area contributed by atoms with Gasteiger partial charge in [0, 0.05) is 24.0 Å². The number of rotatable bonds is 3. The first-order valence-electron chi connectivity index (χ1n) is 7.03. The van der Waals surface area contributed by atoms with Crippen molar-refractivity contribution in [2.45, 2.75) is 49.3 Å². The molecule has 2 rings (SSSR count). The normalized spacial score (nSPS) is 19.4. The maximum absolute atomic E-state index is 12.6. The molecule has 1 aliphatic heterocycles. The fourth-order valence-electron chi connectivity index (χ4n) is 2.37. The van der Waals surface area contributed by atoms with E-state index in [1.54, 1.807) is 10.4 Å². The van der Waals surface area contributed by atoms with Gasteiger partial charge in [0.05, 0.1) is 0 Å². The van der Waals surface area contributed by atoms with E-state index in [0.717, 1.165) is 17.7 Å². The topological polar surface area (TPSA) is 49.4 Å². The summed E-state index contributed by atoms with van der Waals surface area (Å²) in [4.78, 5) is 1.11. The van der Waals surface area contributed by atoms with Crippen LogP contribution in [0.5, 0.6) is 0 Å². The van der Waals surface area contributed by atoms with Crippen LogP contribution in [-0.2, 0) is 15.4 Å². The smallest absolute Gasteiger partial charge is 0.252 e. The van der Waals surface area contributed by atoms with Gasteiger partial charge in [0.2, 0.25) is 0 Å². The zero-order valence-corrected chi connectivity index (χ0v) is 14.3. The van der Waals surface area contributed by atoms with Crippen molar-refractivity contribution in [1.29, 1.82) is 0 Å². The average Bonchev–Trinajstić information content (AvgIpc) is 2.89. The Labute approximate surface area is 126 Å². The zero-order valence-electron chi connectivity index (χ0n) is 12.6. The van der Waals surface area contributed by atoms with Gasteiger partial charge in [0.25, 0.3) is 10.0 Å². The van der Waals surface area contributed by atoms with E-state index in [-0.39, 0.29) is 5.41 Å². The molecule has 1 N–H and O–H groups in total. The summed E-state index contributed by atoms with van der Waals surface area (Å²) in [6, 6.07) is 4.14. The predicted molar refractivity (Wildman–Crippen MR) is 83.9 cm³/mol. The average molecular weight is 316 g/mol. The molecule has 0 atom stereocenters. The van der Waals surface area contributed by atoms with Crippen LogP contribution in [0.1, 0.15) is 38.5 Å². The summed E-state index contributed by atoms with van der Waals surface area (Å²) in [5.41, 5.74) is -0.00242. The minimum absolute atomic E-state index is 0.00242. The summed E-state index contributed by atoms with van der Waals surface area (Å²) >= 11 is 1.40. The Balaban J connectivity index is 2.17. The summed E-state index contributed by atoms with van der Waals surface area (Å²) in [6.07, 6.45) is 1.76. The molecule has 1 aromatic rings. The van der Waals surface area contributed by atoms with Crippen molar-refractivity contribution in [3.63, 3.8) is 0 Å². The highest BCUT2D eigenvalue weighted by atomic mass is 32.2. The first-order chi connectivity index (χ1) is 9.25. The first-order valence-corrected chi connectivity index (χ1v) is 9.28. The third-order valence-electron chi connectivity index (χ3n) is 3.78. The van der Waals surface area contributed by atoms with Crippen molar-refractivity contribution in [1.82, 2.24) is 9.62 Å². The molecule has 6 heteroatoms. The van der Waals surface area contributed by atoms with Crippen LogP contribution in [0.4, 0.5) is 0 Å². The van der Waals surface area contributed by atoms with Gasteiger partial charge in [-0.05, 0) is 37.4 Å². The maximum Gasteiger partial charge on any atom is 0.252 e. The molecule has 114 valence electrons. The number of nitrogens with zero attached hydrogens (tertiary/aromatic N) is 1. The number of hydrogen-bond donors (Lipinski definition) is 1. The molecule has 4 nitrogen and oxygen atoms in total. The third-order valence-corrected chi connectivity index (χ3v) is 7.65. The summed E-state index contributed by atoms with van der Waals surface area (Å²) in [6.45, 7) is 7.53. The molecule has 0 spiro atoms. The summed E-state index contributed by atoms with van der Waals surface area (Å²) in [5.74, 6) is 0. The van der Waals surface area contributed by atoms with Gasteiger partial charge in [-0.15, -0.1) is 11.3 Å². The molecule has 0 bridgehead atoms. The molecule has 1 aliphatic rings. The Kier molecular flexibility index (Phi) is 4.59. The van der Waals surface area contributed by atoms with Crippen LogP contribution in [0.2, 0.25) is 0 Å². The second kappa shape index (κ2) is 5.75. The molecule has 0 amide bonds. The van der Waals surface area contributed by atoms with Gasteiger partial charge >= 0.3 is 0 Å². The quantitative estimate of drug-likeness (QED) is 0.931. The molecule has 2 heterocycles. The van der Waals surface area contributed by atoms with E-state index < -0.39 is 10.0 Å². The van der Waals surface area contributed by atoms with Crippen LogP contribution in [-0.4, -0.2) is 38.9 Å². The van der Waals surface area contributed by atoms with E-state index in [2.05, 4.69) is 26.1 Å². The maximum atomic E-state index is 12.6. The molecular formula is C14H24N2O2S2. The van der Waals surface area contributed by atoms with E-state index in [4.69, 9.17) is 0 Å². The lowest BCUT2D eigenvalue weighted by atomic mass is 9.95. The van der Waals surface area contributed by atoms with Gasteiger partial charge in [0.15, 0.2) is 0 Å². The molecule has 1 fully saturated rings.